The van der Waals surface area contributed by atoms with Crippen LogP contribution in [0.5, 0.6) is 0 Å². The zero-order valence-corrected chi connectivity index (χ0v) is 19.9. The minimum absolute atomic E-state index is 0.0749. The van der Waals surface area contributed by atoms with E-state index in [4.69, 9.17) is 0 Å². The first-order chi connectivity index (χ1) is 16.5. The Morgan fingerprint density at radius 2 is 1.66 bits per heavy atom. The Labute approximate surface area is 201 Å². The van der Waals surface area contributed by atoms with E-state index in [0.717, 1.165) is 0 Å². The molecule has 0 spiro atoms. The van der Waals surface area contributed by atoms with E-state index in [0.29, 0.717) is 5.56 Å². The Bertz CT molecular complexity index is 1380. The standard InChI is InChI=1S/C24H23N3O7S/c1-3-35(33,34)17-8-6-14(7-9-17)20(29)26-21(30)15-4-5-16-13-27(22(31)18(16)12-15)24(2)11-10-19(28)25-23(24)32/h4-9,12H,3,10-11,13H2,1-2H3,(H,25,28,32)(H,26,29,30). The summed E-state index contributed by atoms with van der Waals surface area (Å²) >= 11 is 0. The summed E-state index contributed by atoms with van der Waals surface area (Å²) in [5.74, 6) is -2.91. The SMILES string of the molecule is CCS(=O)(=O)c1ccc(C(=O)NC(=O)c2ccc3c(c2)C(=O)N(C2(C)CCC(=O)NC2=O)C3)cc1. The van der Waals surface area contributed by atoms with Crippen molar-refractivity contribution in [3.8, 4) is 0 Å². The van der Waals surface area contributed by atoms with Gasteiger partial charge in [-0.05, 0) is 55.3 Å². The number of benzene rings is 2. The predicted octanol–water partition coefficient (Wildman–Crippen LogP) is 1.20. The average Bonchev–Trinajstić information content (AvgIpc) is 3.18. The van der Waals surface area contributed by atoms with Crippen LogP contribution in [0.3, 0.4) is 0 Å². The Hall–Kier alpha value is -3.86. The minimum Gasteiger partial charge on any atom is -0.320 e. The summed E-state index contributed by atoms with van der Waals surface area (Å²) in [4.78, 5) is 63.7. The van der Waals surface area contributed by atoms with Crippen LogP contribution in [0.1, 0.15) is 63.3 Å². The second-order valence-corrected chi connectivity index (χ2v) is 10.9. The van der Waals surface area contributed by atoms with Crippen LogP contribution in [0.15, 0.2) is 47.4 Å². The van der Waals surface area contributed by atoms with E-state index in [-0.39, 0.29) is 52.6 Å². The first-order valence-electron chi connectivity index (χ1n) is 10.9. The topological polar surface area (TPSA) is 147 Å². The van der Waals surface area contributed by atoms with Gasteiger partial charge < -0.3 is 4.90 Å². The van der Waals surface area contributed by atoms with Gasteiger partial charge in [-0.15, -0.1) is 0 Å². The highest BCUT2D eigenvalue weighted by atomic mass is 32.2. The fourth-order valence-electron chi connectivity index (χ4n) is 4.12. The van der Waals surface area contributed by atoms with E-state index in [9.17, 15) is 32.4 Å². The molecule has 1 fully saturated rings. The number of fused-ring (bicyclic) bond motifs is 1. The fourth-order valence-corrected chi connectivity index (χ4v) is 5.00. The molecule has 0 radical (unpaired) electrons. The maximum Gasteiger partial charge on any atom is 0.258 e. The first-order valence-corrected chi connectivity index (χ1v) is 12.6. The van der Waals surface area contributed by atoms with E-state index in [2.05, 4.69) is 10.6 Å². The van der Waals surface area contributed by atoms with E-state index >= 15 is 0 Å². The number of imide groups is 2. The summed E-state index contributed by atoms with van der Waals surface area (Å²) in [6.07, 6.45) is 0.307. The molecule has 2 aliphatic rings. The predicted molar refractivity (Wildman–Crippen MR) is 123 cm³/mol. The third-order valence-electron chi connectivity index (χ3n) is 6.44. The van der Waals surface area contributed by atoms with Gasteiger partial charge in [-0.2, -0.15) is 0 Å². The van der Waals surface area contributed by atoms with Gasteiger partial charge >= 0.3 is 0 Å². The van der Waals surface area contributed by atoms with E-state index in [1.807, 2.05) is 0 Å². The summed E-state index contributed by atoms with van der Waals surface area (Å²) in [6, 6.07) is 9.67. The maximum absolute atomic E-state index is 13.1. The van der Waals surface area contributed by atoms with Crippen molar-refractivity contribution >= 4 is 39.4 Å². The molecule has 182 valence electrons. The van der Waals surface area contributed by atoms with Crippen molar-refractivity contribution in [3.63, 3.8) is 0 Å². The van der Waals surface area contributed by atoms with Gasteiger partial charge in [-0.3, -0.25) is 34.6 Å². The molecular formula is C24H23N3O7S. The van der Waals surface area contributed by atoms with Crippen molar-refractivity contribution in [1.82, 2.24) is 15.5 Å². The second kappa shape index (κ2) is 8.73. The number of amides is 5. The number of rotatable bonds is 5. The van der Waals surface area contributed by atoms with Crippen LogP contribution >= 0.6 is 0 Å². The van der Waals surface area contributed by atoms with Gasteiger partial charge in [-0.1, -0.05) is 13.0 Å². The number of carbonyl (C=O) groups excluding carboxylic acids is 5. The summed E-state index contributed by atoms with van der Waals surface area (Å²) in [7, 11) is -3.42. The van der Waals surface area contributed by atoms with Crippen LogP contribution in [0.4, 0.5) is 0 Å². The zero-order chi connectivity index (χ0) is 25.5. The molecule has 0 aromatic heterocycles. The molecule has 10 nitrogen and oxygen atoms in total. The van der Waals surface area contributed by atoms with Gasteiger partial charge in [0.15, 0.2) is 9.84 Å². The number of nitrogens with zero attached hydrogens (tertiary/aromatic N) is 1. The quantitative estimate of drug-likeness (QED) is 0.590. The van der Waals surface area contributed by atoms with Gasteiger partial charge in [-0.25, -0.2) is 8.42 Å². The molecule has 2 heterocycles. The van der Waals surface area contributed by atoms with Crippen molar-refractivity contribution in [3.05, 3.63) is 64.7 Å². The highest BCUT2D eigenvalue weighted by molar-refractivity contribution is 7.91. The molecule has 2 aromatic rings. The molecule has 1 unspecified atom stereocenters. The van der Waals surface area contributed by atoms with Crippen molar-refractivity contribution < 1.29 is 32.4 Å². The third-order valence-corrected chi connectivity index (χ3v) is 8.19. The molecule has 2 N–H and O–H groups in total. The van der Waals surface area contributed by atoms with Gasteiger partial charge in [0.25, 0.3) is 23.6 Å². The summed E-state index contributed by atoms with van der Waals surface area (Å²) < 4.78 is 23.8. The molecule has 1 saturated heterocycles. The molecule has 5 amide bonds. The molecule has 35 heavy (non-hydrogen) atoms. The Morgan fingerprint density at radius 3 is 2.29 bits per heavy atom. The van der Waals surface area contributed by atoms with E-state index < -0.39 is 39.0 Å². The van der Waals surface area contributed by atoms with Gasteiger partial charge in [0.1, 0.15) is 5.54 Å². The van der Waals surface area contributed by atoms with Gasteiger partial charge in [0.2, 0.25) is 5.91 Å². The van der Waals surface area contributed by atoms with Crippen LogP contribution in [0, 0.1) is 0 Å². The summed E-state index contributed by atoms with van der Waals surface area (Å²) in [5.41, 5.74) is -0.157. The normalized spacial score (nSPS) is 19.8. The second-order valence-electron chi connectivity index (χ2n) is 8.63. The number of carbonyl (C=O) groups is 5. The van der Waals surface area contributed by atoms with Crippen LogP contribution in [0.2, 0.25) is 0 Å². The molecule has 2 aliphatic heterocycles. The number of hydrogen-bond donors (Lipinski definition) is 2. The lowest BCUT2D eigenvalue weighted by Crippen LogP contribution is -2.61. The number of sulfone groups is 1. The lowest BCUT2D eigenvalue weighted by Gasteiger charge is -2.39. The molecule has 4 rings (SSSR count). The van der Waals surface area contributed by atoms with Crippen molar-refractivity contribution in [1.29, 1.82) is 0 Å². The Kier molecular flexibility index (Phi) is 6.05. The molecule has 1 atom stereocenters. The number of nitrogens with one attached hydrogen (secondary N) is 2. The van der Waals surface area contributed by atoms with Crippen molar-refractivity contribution in [2.75, 3.05) is 5.75 Å². The Morgan fingerprint density at radius 1 is 1.03 bits per heavy atom. The van der Waals surface area contributed by atoms with Crippen LogP contribution in [-0.2, 0) is 26.0 Å². The highest BCUT2D eigenvalue weighted by Gasteiger charge is 2.48. The minimum atomic E-state index is -3.42. The van der Waals surface area contributed by atoms with Crippen molar-refractivity contribution in [2.24, 2.45) is 0 Å². The van der Waals surface area contributed by atoms with Crippen LogP contribution in [0.25, 0.3) is 0 Å². The van der Waals surface area contributed by atoms with E-state index in [1.54, 1.807) is 13.0 Å². The van der Waals surface area contributed by atoms with Gasteiger partial charge in [0.05, 0.1) is 10.6 Å². The summed E-state index contributed by atoms with van der Waals surface area (Å²) in [5, 5.41) is 4.50. The average molecular weight is 498 g/mol. The Balaban J connectivity index is 1.49. The molecule has 11 heteroatoms. The first kappa shape index (κ1) is 24.3. The number of piperidine rings is 1. The smallest absolute Gasteiger partial charge is 0.258 e. The van der Waals surface area contributed by atoms with Crippen molar-refractivity contribution in [2.45, 2.75) is 43.7 Å². The lowest BCUT2D eigenvalue weighted by molar-refractivity contribution is -0.142. The molecule has 2 aromatic carbocycles. The molecule has 0 saturated carbocycles. The molecular weight excluding hydrogens is 474 g/mol. The monoisotopic (exact) mass is 497 g/mol. The maximum atomic E-state index is 13.1. The lowest BCUT2D eigenvalue weighted by atomic mass is 9.89. The zero-order valence-electron chi connectivity index (χ0n) is 19.1. The van der Waals surface area contributed by atoms with Gasteiger partial charge in [0, 0.05) is 29.7 Å². The number of hydrogen-bond acceptors (Lipinski definition) is 7. The van der Waals surface area contributed by atoms with Crippen LogP contribution in [-0.4, -0.2) is 54.1 Å². The highest BCUT2D eigenvalue weighted by Crippen LogP contribution is 2.34. The molecule has 0 bridgehead atoms. The fraction of sp³-hybridized carbons (Fsp3) is 0.292. The van der Waals surface area contributed by atoms with E-state index in [1.165, 1.54) is 48.2 Å². The van der Waals surface area contributed by atoms with Crippen LogP contribution < -0.4 is 10.6 Å². The third kappa shape index (κ3) is 4.34. The molecule has 0 aliphatic carbocycles. The summed E-state index contributed by atoms with van der Waals surface area (Å²) in [6.45, 7) is 3.27. The largest absolute Gasteiger partial charge is 0.320 e.